The van der Waals surface area contributed by atoms with Gasteiger partial charge in [-0.15, -0.1) is 0 Å². The summed E-state index contributed by atoms with van der Waals surface area (Å²) in [4.78, 5) is 29.6. The monoisotopic (exact) mass is 448 g/mol. The average molecular weight is 449 g/mol. The molecular formula is C28H24N4O2. The minimum atomic E-state index is -0.472. The molecule has 0 unspecified atom stereocenters. The first-order valence-corrected chi connectivity index (χ1v) is 10.5. The van der Waals surface area contributed by atoms with E-state index in [1.165, 1.54) is 0 Å². The summed E-state index contributed by atoms with van der Waals surface area (Å²) in [7, 11) is 0. The molecule has 6 nitrogen and oxygen atoms in total. The summed E-state index contributed by atoms with van der Waals surface area (Å²) >= 11 is 0. The number of carbonyl (C=O) groups excluding carboxylic acids is 2. The number of para-hydroxylation sites is 4. The lowest BCUT2D eigenvalue weighted by atomic mass is 10.1. The molecule has 5 rings (SSSR count). The van der Waals surface area contributed by atoms with E-state index in [9.17, 15) is 9.59 Å². The molecule has 0 aliphatic heterocycles. The van der Waals surface area contributed by atoms with Crippen molar-refractivity contribution in [2.75, 3.05) is 11.5 Å². The topological polar surface area (TPSA) is 112 Å². The third kappa shape index (κ3) is 6.83. The van der Waals surface area contributed by atoms with E-state index in [2.05, 4.69) is 9.97 Å². The summed E-state index contributed by atoms with van der Waals surface area (Å²) in [6, 6.07) is 33.7. The van der Waals surface area contributed by atoms with Gasteiger partial charge in [0, 0.05) is 11.1 Å². The zero-order chi connectivity index (χ0) is 24.2. The van der Waals surface area contributed by atoms with Crippen LogP contribution in [-0.2, 0) is 4.79 Å². The quantitative estimate of drug-likeness (QED) is 0.169. The van der Waals surface area contributed by atoms with E-state index in [0.29, 0.717) is 23.2 Å². The van der Waals surface area contributed by atoms with Gasteiger partial charge in [0.15, 0.2) is 6.29 Å². The van der Waals surface area contributed by atoms with Crippen molar-refractivity contribution >= 4 is 34.5 Å². The molecule has 0 saturated carbocycles. The molecule has 1 aromatic heterocycles. The van der Waals surface area contributed by atoms with Gasteiger partial charge in [-0.25, -0.2) is 4.98 Å². The number of benzene rings is 4. The Morgan fingerprint density at radius 2 is 1.15 bits per heavy atom. The van der Waals surface area contributed by atoms with Gasteiger partial charge in [-0.2, -0.15) is 0 Å². The van der Waals surface area contributed by atoms with Gasteiger partial charge in [0.1, 0.15) is 0 Å². The number of hydrogen-bond acceptors (Lipinski definition) is 6. The summed E-state index contributed by atoms with van der Waals surface area (Å²) < 4.78 is 0. The van der Waals surface area contributed by atoms with Gasteiger partial charge >= 0.3 is 0 Å². The van der Waals surface area contributed by atoms with Crippen molar-refractivity contribution in [1.29, 1.82) is 0 Å². The first-order chi connectivity index (χ1) is 16.6. The molecule has 0 saturated heterocycles. The lowest BCUT2D eigenvalue weighted by molar-refractivity contribution is -0.104. The average Bonchev–Trinajstić information content (AvgIpc) is 2.91. The predicted molar refractivity (Wildman–Crippen MR) is 137 cm³/mol. The Morgan fingerprint density at radius 3 is 1.71 bits per heavy atom. The number of rotatable bonds is 3. The molecule has 0 amide bonds. The van der Waals surface area contributed by atoms with Crippen molar-refractivity contribution in [3.8, 4) is 11.3 Å². The van der Waals surface area contributed by atoms with Crippen LogP contribution in [-0.4, -0.2) is 22.0 Å². The Labute approximate surface area is 197 Å². The molecule has 0 atom stereocenters. The van der Waals surface area contributed by atoms with Crippen molar-refractivity contribution in [3.63, 3.8) is 0 Å². The number of Topliss-reactive ketones (excluding diaryl/α,β-unsaturated/α-hetero) is 1. The Kier molecular flexibility index (Phi) is 8.59. The number of nitrogen functional groups attached to an aromatic ring is 2. The van der Waals surface area contributed by atoms with Gasteiger partial charge in [0.25, 0.3) is 0 Å². The van der Waals surface area contributed by atoms with Crippen molar-refractivity contribution in [1.82, 2.24) is 9.97 Å². The van der Waals surface area contributed by atoms with E-state index < -0.39 is 5.78 Å². The lowest BCUT2D eigenvalue weighted by Crippen LogP contribution is -1.97. The SMILES string of the molecule is Nc1ccccc1N.O=CC(=O)c1ccccc1.c1ccc(-c2cnc3ccccc3n2)cc1. The second-order valence-electron chi connectivity index (χ2n) is 7.09. The van der Waals surface area contributed by atoms with Crippen LogP contribution in [0.3, 0.4) is 0 Å². The number of nitrogens with zero attached hydrogens (tertiary/aromatic N) is 2. The fourth-order valence-corrected chi connectivity index (χ4v) is 2.89. The number of hydrogen-bond donors (Lipinski definition) is 2. The molecule has 34 heavy (non-hydrogen) atoms. The standard InChI is InChI=1S/C14H10N2.C8H6O2.C6H8N2/c1-2-6-11(7-3-1)14-10-15-12-8-4-5-9-13(12)16-14;9-6-8(10)7-4-2-1-3-5-7;7-5-3-1-2-4-6(5)8/h1-10H;1-6H;1-4H,7-8H2. The van der Waals surface area contributed by atoms with E-state index in [1.807, 2.05) is 72.9 Å². The van der Waals surface area contributed by atoms with Crippen LogP contribution >= 0.6 is 0 Å². The molecule has 1 heterocycles. The smallest absolute Gasteiger partial charge is 0.225 e. The van der Waals surface area contributed by atoms with Gasteiger partial charge in [-0.1, -0.05) is 84.9 Å². The summed E-state index contributed by atoms with van der Waals surface area (Å²) in [6.45, 7) is 0. The van der Waals surface area contributed by atoms with Gasteiger partial charge in [0.2, 0.25) is 5.78 Å². The van der Waals surface area contributed by atoms with Crippen LogP contribution in [0.25, 0.3) is 22.3 Å². The maximum Gasteiger partial charge on any atom is 0.225 e. The summed E-state index contributed by atoms with van der Waals surface area (Å²) in [5.41, 5.74) is 16.4. The predicted octanol–water partition coefficient (Wildman–Crippen LogP) is 5.22. The number of aromatic nitrogens is 2. The van der Waals surface area contributed by atoms with Crippen molar-refractivity contribution in [3.05, 3.63) is 121 Å². The van der Waals surface area contributed by atoms with Crippen molar-refractivity contribution in [2.24, 2.45) is 0 Å². The number of ketones is 1. The highest BCUT2D eigenvalue weighted by molar-refractivity contribution is 6.33. The normalized spacial score (nSPS) is 9.65. The molecule has 0 aliphatic carbocycles. The second-order valence-corrected chi connectivity index (χ2v) is 7.09. The van der Waals surface area contributed by atoms with E-state index in [-0.39, 0.29) is 0 Å². The van der Waals surface area contributed by atoms with E-state index in [4.69, 9.17) is 11.5 Å². The second kappa shape index (κ2) is 12.3. The van der Waals surface area contributed by atoms with Gasteiger partial charge in [-0.3, -0.25) is 14.6 Å². The molecule has 5 aromatic rings. The Bertz CT molecular complexity index is 1340. The number of nitrogens with two attached hydrogens (primary N) is 2. The molecule has 168 valence electrons. The largest absolute Gasteiger partial charge is 0.397 e. The minimum absolute atomic E-state index is 0.315. The summed E-state index contributed by atoms with van der Waals surface area (Å²) in [6.07, 6.45) is 2.13. The highest BCUT2D eigenvalue weighted by Crippen LogP contribution is 2.18. The lowest BCUT2D eigenvalue weighted by Gasteiger charge is -2.01. The Balaban J connectivity index is 0.000000155. The van der Waals surface area contributed by atoms with Crippen LogP contribution in [0.1, 0.15) is 10.4 Å². The van der Waals surface area contributed by atoms with Crippen molar-refractivity contribution in [2.45, 2.75) is 0 Å². The molecule has 0 fully saturated rings. The maximum absolute atomic E-state index is 10.6. The molecule has 4 N–H and O–H groups in total. The molecular weight excluding hydrogens is 424 g/mol. The van der Waals surface area contributed by atoms with E-state index >= 15 is 0 Å². The van der Waals surface area contributed by atoms with Crippen LogP contribution in [0.15, 0.2) is 115 Å². The Morgan fingerprint density at radius 1 is 0.647 bits per heavy atom. The first-order valence-electron chi connectivity index (χ1n) is 10.5. The molecule has 0 radical (unpaired) electrons. The fourth-order valence-electron chi connectivity index (χ4n) is 2.89. The number of carbonyl (C=O) groups is 2. The zero-order valence-corrected chi connectivity index (χ0v) is 18.4. The number of aldehydes is 1. The first kappa shape index (κ1) is 23.8. The van der Waals surface area contributed by atoms with Gasteiger partial charge in [0.05, 0.1) is 34.3 Å². The van der Waals surface area contributed by atoms with Crippen LogP contribution in [0, 0.1) is 0 Å². The highest BCUT2D eigenvalue weighted by atomic mass is 16.2. The number of anilines is 2. The molecule has 0 spiro atoms. The summed E-state index contributed by atoms with van der Waals surface area (Å²) in [5, 5.41) is 0. The van der Waals surface area contributed by atoms with Gasteiger partial charge in [-0.05, 0) is 24.3 Å². The minimum Gasteiger partial charge on any atom is -0.397 e. The van der Waals surface area contributed by atoms with Gasteiger partial charge < -0.3 is 11.5 Å². The molecule has 4 aromatic carbocycles. The number of fused-ring (bicyclic) bond motifs is 1. The van der Waals surface area contributed by atoms with Crippen molar-refractivity contribution < 1.29 is 9.59 Å². The molecule has 6 heteroatoms. The van der Waals surface area contributed by atoms with E-state index in [0.717, 1.165) is 22.3 Å². The zero-order valence-electron chi connectivity index (χ0n) is 18.4. The Hall–Kier alpha value is -4.84. The third-order valence-electron chi connectivity index (χ3n) is 4.68. The van der Waals surface area contributed by atoms with Crippen LogP contribution < -0.4 is 11.5 Å². The van der Waals surface area contributed by atoms with Crippen LogP contribution in [0.2, 0.25) is 0 Å². The highest BCUT2D eigenvalue weighted by Gasteiger charge is 2.01. The maximum atomic E-state index is 10.6. The van der Waals surface area contributed by atoms with Crippen LogP contribution in [0.5, 0.6) is 0 Å². The third-order valence-corrected chi connectivity index (χ3v) is 4.68. The molecule has 0 aliphatic rings. The summed E-state index contributed by atoms with van der Waals surface area (Å²) in [5.74, 6) is -0.472. The van der Waals surface area contributed by atoms with E-state index in [1.54, 1.807) is 42.5 Å². The van der Waals surface area contributed by atoms with Crippen LogP contribution in [0.4, 0.5) is 11.4 Å². The molecule has 0 bridgehead atoms. The fraction of sp³-hybridized carbons (Fsp3) is 0.